The number of aromatic nitrogens is 2. The number of fused-ring (bicyclic) bond motifs is 1. The number of rotatable bonds is 4. The number of benzene rings is 1. The second-order valence-corrected chi connectivity index (χ2v) is 4.67. The van der Waals surface area contributed by atoms with Crippen LogP contribution in [0.3, 0.4) is 0 Å². The van der Waals surface area contributed by atoms with Crippen molar-refractivity contribution in [2.45, 2.75) is 12.1 Å². The molecule has 3 rings (SSSR count). The summed E-state index contributed by atoms with van der Waals surface area (Å²) in [6.07, 6.45) is 2.93. The first kappa shape index (κ1) is 13.9. The van der Waals surface area contributed by atoms with Gasteiger partial charge in [0.25, 0.3) is 0 Å². The van der Waals surface area contributed by atoms with E-state index in [-0.39, 0.29) is 16.3 Å². The van der Waals surface area contributed by atoms with Crippen LogP contribution in [0.4, 0.5) is 5.69 Å². The van der Waals surface area contributed by atoms with Crippen LogP contribution in [0.15, 0.2) is 41.0 Å². The van der Waals surface area contributed by atoms with Gasteiger partial charge in [-0.2, -0.15) is 0 Å². The highest BCUT2D eigenvalue weighted by atomic mass is 16.8. The minimum absolute atomic E-state index is 0.00788. The van der Waals surface area contributed by atoms with Crippen LogP contribution in [0.5, 0.6) is 5.75 Å². The third-order valence-electron chi connectivity index (χ3n) is 3.37. The summed E-state index contributed by atoms with van der Waals surface area (Å²) in [5, 5.41) is 29.3. The Bertz CT molecular complexity index is 725. The van der Waals surface area contributed by atoms with E-state index in [2.05, 4.69) is 15.1 Å². The Balaban J connectivity index is 1.89. The van der Waals surface area contributed by atoms with Crippen molar-refractivity contribution in [1.29, 1.82) is 0 Å². The van der Waals surface area contributed by atoms with Gasteiger partial charge in [-0.25, -0.2) is 0 Å². The SMILES string of the molecule is COc1ccc(NC2C=CC([N+](=O)[O-])c3no[n+]([O-])c32)cc1. The van der Waals surface area contributed by atoms with Crippen LogP contribution >= 0.6 is 0 Å². The molecule has 0 radical (unpaired) electrons. The Morgan fingerprint density at radius 3 is 2.73 bits per heavy atom. The number of nitrogens with one attached hydrogen (secondary N) is 1. The average molecular weight is 304 g/mol. The van der Waals surface area contributed by atoms with Crippen molar-refractivity contribution in [2.24, 2.45) is 0 Å². The van der Waals surface area contributed by atoms with Gasteiger partial charge in [0, 0.05) is 15.8 Å². The molecular formula is C13H12N4O5. The van der Waals surface area contributed by atoms with Crippen LogP contribution in [0.2, 0.25) is 0 Å². The molecule has 0 saturated carbocycles. The van der Waals surface area contributed by atoms with E-state index in [1.165, 1.54) is 6.08 Å². The summed E-state index contributed by atoms with van der Waals surface area (Å²) < 4.78 is 9.58. The van der Waals surface area contributed by atoms with Crippen molar-refractivity contribution >= 4 is 5.69 Å². The predicted octanol–water partition coefficient (Wildman–Crippen LogP) is 1.36. The predicted molar refractivity (Wildman–Crippen MR) is 73.7 cm³/mol. The van der Waals surface area contributed by atoms with Gasteiger partial charge < -0.3 is 15.3 Å². The van der Waals surface area contributed by atoms with Gasteiger partial charge in [-0.3, -0.25) is 14.7 Å². The van der Waals surface area contributed by atoms with Gasteiger partial charge in [0.15, 0.2) is 0 Å². The molecule has 114 valence electrons. The molecule has 9 heteroatoms. The second-order valence-electron chi connectivity index (χ2n) is 4.67. The van der Waals surface area contributed by atoms with Gasteiger partial charge in [-0.15, -0.1) is 0 Å². The van der Waals surface area contributed by atoms with Crippen LogP contribution in [-0.4, -0.2) is 17.2 Å². The number of anilines is 1. The Kier molecular flexibility index (Phi) is 3.37. The lowest BCUT2D eigenvalue weighted by molar-refractivity contribution is -0.808. The number of methoxy groups -OCH3 is 1. The normalized spacial score (nSPS) is 19.5. The van der Waals surface area contributed by atoms with Crippen LogP contribution in [0.25, 0.3) is 0 Å². The molecule has 0 bridgehead atoms. The minimum atomic E-state index is -1.18. The molecule has 1 heterocycles. The number of nitrogens with zero attached hydrogens (tertiary/aromatic N) is 3. The Hall–Kier alpha value is -3.10. The molecule has 1 aliphatic rings. The Labute approximate surface area is 124 Å². The zero-order valence-corrected chi connectivity index (χ0v) is 11.5. The number of hydrogen-bond donors (Lipinski definition) is 1. The fourth-order valence-corrected chi connectivity index (χ4v) is 2.30. The molecule has 9 nitrogen and oxygen atoms in total. The number of ether oxygens (including phenoxy) is 1. The standard InChI is InChI=1S/C13H12N4O5/c1-21-9-4-2-8(3-5-9)14-10-6-7-11(16(18)19)12-13(10)17(20)22-15-12/h2-7,10-11,14H,1H3. The molecule has 1 aliphatic carbocycles. The smallest absolute Gasteiger partial charge is 0.302 e. The van der Waals surface area contributed by atoms with Crippen LogP contribution in [-0.2, 0) is 0 Å². The first-order valence-corrected chi connectivity index (χ1v) is 6.42. The Morgan fingerprint density at radius 2 is 2.09 bits per heavy atom. The van der Waals surface area contributed by atoms with Crippen molar-refractivity contribution in [2.75, 3.05) is 12.4 Å². The Morgan fingerprint density at radius 1 is 1.36 bits per heavy atom. The first-order valence-electron chi connectivity index (χ1n) is 6.42. The summed E-state index contributed by atoms with van der Waals surface area (Å²) in [7, 11) is 1.56. The second kappa shape index (κ2) is 5.35. The van der Waals surface area contributed by atoms with E-state index in [1.807, 2.05) is 0 Å². The van der Waals surface area contributed by atoms with Crippen molar-refractivity contribution in [3.05, 3.63) is 63.1 Å². The largest absolute Gasteiger partial charge is 0.497 e. The van der Waals surface area contributed by atoms with Crippen molar-refractivity contribution in [1.82, 2.24) is 5.16 Å². The third-order valence-corrected chi connectivity index (χ3v) is 3.37. The lowest BCUT2D eigenvalue weighted by atomic mass is 9.99. The topological polar surface area (TPSA) is 117 Å². The van der Waals surface area contributed by atoms with Crippen LogP contribution < -0.4 is 15.0 Å². The highest BCUT2D eigenvalue weighted by Crippen LogP contribution is 2.31. The van der Waals surface area contributed by atoms with Crippen LogP contribution in [0, 0.1) is 15.3 Å². The fourth-order valence-electron chi connectivity index (χ4n) is 2.30. The van der Waals surface area contributed by atoms with Gasteiger partial charge in [-0.05, 0) is 35.2 Å². The van der Waals surface area contributed by atoms with Gasteiger partial charge in [0.05, 0.1) is 7.11 Å². The van der Waals surface area contributed by atoms with Crippen molar-refractivity contribution in [3.63, 3.8) is 0 Å². The summed E-state index contributed by atoms with van der Waals surface area (Å²) in [5.74, 6) is 0.697. The molecule has 0 aliphatic heterocycles. The van der Waals surface area contributed by atoms with E-state index in [0.717, 1.165) is 5.69 Å². The van der Waals surface area contributed by atoms with Crippen molar-refractivity contribution in [3.8, 4) is 5.75 Å². The summed E-state index contributed by atoms with van der Waals surface area (Å²) in [5.41, 5.74) is 0.815. The quantitative estimate of drug-likeness (QED) is 0.392. The molecule has 0 spiro atoms. The molecule has 2 aromatic rings. The molecule has 1 aromatic heterocycles. The van der Waals surface area contributed by atoms with Gasteiger partial charge in [0.1, 0.15) is 11.8 Å². The zero-order valence-electron chi connectivity index (χ0n) is 11.5. The zero-order chi connectivity index (χ0) is 15.7. The van der Waals surface area contributed by atoms with Crippen molar-refractivity contribution < 1.29 is 19.2 Å². The molecule has 1 N–H and O–H groups in total. The van der Waals surface area contributed by atoms with Gasteiger partial charge in [-0.1, -0.05) is 6.08 Å². The molecule has 2 unspecified atom stereocenters. The highest BCUT2D eigenvalue weighted by Gasteiger charge is 2.41. The monoisotopic (exact) mass is 304 g/mol. The fraction of sp³-hybridized carbons (Fsp3) is 0.231. The van der Waals surface area contributed by atoms with Gasteiger partial charge >= 0.3 is 11.7 Å². The van der Waals surface area contributed by atoms with E-state index < -0.39 is 17.0 Å². The third kappa shape index (κ3) is 2.32. The van der Waals surface area contributed by atoms with E-state index >= 15 is 0 Å². The van der Waals surface area contributed by atoms with Crippen LogP contribution in [0.1, 0.15) is 23.5 Å². The summed E-state index contributed by atoms with van der Waals surface area (Å²) >= 11 is 0. The number of nitro groups is 1. The molecule has 22 heavy (non-hydrogen) atoms. The molecule has 0 fully saturated rings. The maximum atomic E-state index is 11.7. The molecule has 0 saturated heterocycles. The lowest BCUT2D eigenvalue weighted by Crippen LogP contribution is -2.34. The van der Waals surface area contributed by atoms with Gasteiger partial charge in [0.2, 0.25) is 5.69 Å². The van der Waals surface area contributed by atoms with E-state index in [9.17, 15) is 15.3 Å². The first-order chi connectivity index (χ1) is 10.6. The summed E-state index contributed by atoms with van der Waals surface area (Å²) in [6.45, 7) is 0. The molecule has 0 amide bonds. The molecular weight excluding hydrogens is 292 g/mol. The summed E-state index contributed by atoms with van der Waals surface area (Å²) in [6, 6.07) is 5.32. The highest BCUT2D eigenvalue weighted by molar-refractivity contribution is 5.49. The van der Waals surface area contributed by atoms with E-state index in [1.54, 1.807) is 37.5 Å². The van der Waals surface area contributed by atoms with E-state index in [4.69, 9.17) is 4.74 Å². The lowest BCUT2D eigenvalue weighted by Gasteiger charge is -2.17. The summed E-state index contributed by atoms with van der Waals surface area (Å²) in [4.78, 5) is 10.7. The average Bonchev–Trinajstić information content (AvgIpc) is 2.90. The molecule has 2 atom stereocenters. The number of hydrogen-bond acceptors (Lipinski definition) is 7. The maximum Gasteiger partial charge on any atom is 0.302 e. The maximum absolute atomic E-state index is 11.7. The minimum Gasteiger partial charge on any atom is -0.497 e. The van der Waals surface area contributed by atoms with E-state index in [0.29, 0.717) is 5.75 Å². The molecule has 1 aromatic carbocycles.